The van der Waals surface area contributed by atoms with E-state index in [0.717, 1.165) is 0 Å². The summed E-state index contributed by atoms with van der Waals surface area (Å²) in [4.78, 5) is 0. The molecular formula is C46H26. The predicted octanol–water partition coefficient (Wildman–Crippen LogP) is 11.4. The highest BCUT2D eigenvalue weighted by Crippen LogP contribution is 2.36. The quantitative estimate of drug-likeness (QED) is 0.179. The van der Waals surface area contributed by atoms with Gasteiger partial charge in [0.15, 0.2) is 0 Å². The number of benzene rings is 9. The van der Waals surface area contributed by atoms with E-state index < -0.39 is 0 Å². The van der Waals surface area contributed by atoms with Crippen molar-refractivity contribution in [3.05, 3.63) is 199 Å². The minimum Gasteiger partial charge on any atom is -0.0622 e. The average molecular weight is 579 g/mol. The number of rotatable bonds is 2. The van der Waals surface area contributed by atoms with Crippen molar-refractivity contribution in [2.45, 2.75) is 0 Å². The number of hydrogen-bond acceptors (Lipinski definition) is 0. The highest BCUT2D eigenvalue weighted by Gasteiger charge is 2.14. The molecule has 0 heteroatoms. The van der Waals surface area contributed by atoms with Gasteiger partial charge in [-0.15, -0.1) is 0 Å². The molecule has 0 spiro atoms. The average Bonchev–Trinajstić information content (AvgIpc) is 3.59. The molecule has 46 heavy (non-hydrogen) atoms. The van der Waals surface area contributed by atoms with E-state index in [4.69, 9.17) is 0 Å². The summed E-state index contributed by atoms with van der Waals surface area (Å²) in [6.45, 7) is 0. The Kier molecular flexibility index (Phi) is 4.66. The topological polar surface area (TPSA) is 0 Å². The molecule has 0 amide bonds. The van der Waals surface area contributed by atoms with Gasteiger partial charge < -0.3 is 0 Å². The SMILES string of the molecule is c1ccc(-c2ccccc2-c2ccc3cc4cc5c(cc4cc3c2)=c2ccc3c4c(ccc=5c24)=c2cc4ccccc4cc2=3)cc1. The lowest BCUT2D eigenvalue weighted by Crippen LogP contribution is -1.86. The summed E-state index contributed by atoms with van der Waals surface area (Å²) in [5, 5.41) is 21.4. The molecule has 0 saturated heterocycles. The third kappa shape index (κ3) is 3.23. The lowest BCUT2D eigenvalue weighted by atomic mass is 9.92. The van der Waals surface area contributed by atoms with Gasteiger partial charge >= 0.3 is 0 Å². The van der Waals surface area contributed by atoms with Crippen LogP contribution in [0.5, 0.6) is 0 Å². The van der Waals surface area contributed by atoms with Crippen LogP contribution in [0.1, 0.15) is 0 Å². The second kappa shape index (κ2) is 8.81. The van der Waals surface area contributed by atoms with Crippen LogP contribution in [-0.2, 0) is 0 Å². The molecule has 0 atom stereocenters. The molecular weight excluding hydrogens is 553 g/mol. The Hall–Kier alpha value is -5.98. The first-order chi connectivity index (χ1) is 22.8. The molecule has 0 bridgehead atoms. The first-order valence-electron chi connectivity index (χ1n) is 16.1. The monoisotopic (exact) mass is 578 g/mol. The molecule has 0 unspecified atom stereocenters. The number of hydrogen-bond donors (Lipinski definition) is 0. The van der Waals surface area contributed by atoms with E-state index in [-0.39, 0.29) is 0 Å². The molecule has 0 aliphatic heterocycles. The van der Waals surface area contributed by atoms with Gasteiger partial charge in [0.1, 0.15) is 0 Å². The Bertz CT molecular complexity index is 3170. The molecule has 0 fully saturated rings. The highest BCUT2D eigenvalue weighted by molar-refractivity contribution is 6.01. The van der Waals surface area contributed by atoms with Crippen molar-refractivity contribution in [2.24, 2.45) is 0 Å². The second-order valence-electron chi connectivity index (χ2n) is 12.9. The summed E-state index contributed by atoms with van der Waals surface area (Å²) in [6.07, 6.45) is 0. The maximum absolute atomic E-state index is 2.43. The van der Waals surface area contributed by atoms with E-state index >= 15 is 0 Å². The van der Waals surface area contributed by atoms with Gasteiger partial charge in [0.05, 0.1) is 0 Å². The Labute approximate surface area is 264 Å². The van der Waals surface area contributed by atoms with Crippen molar-refractivity contribution in [1.82, 2.24) is 0 Å². The fraction of sp³-hybridized carbons (Fsp3) is 0. The lowest BCUT2D eigenvalue weighted by molar-refractivity contribution is 1.50. The Morgan fingerprint density at radius 1 is 0.217 bits per heavy atom. The van der Waals surface area contributed by atoms with E-state index in [2.05, 4.69) is 158 Å². The van der Waals surface area contributed by atoms with Gasteiger partial charge in [-0.2, -0.15) is 0 Å². The molecule has 0 heterocycles. The zero-order chi connectivity index (χ0) is 29.9. The normalized spacial score (nSPS) is 12.3. The van der Waals surface area contributed by atoms with E-state index in [1.807, 2.05) is 0 Å². The number of fused-ring (bicyclic) bond motifs is 5. The van der Waals surface area contributed by atoms with Crippen molar-refractivity contribution in [3.8, 4) is 22.3 Å². The molecule has 0 aromatic heterocycles. The van der Waals surface area contributed by atoms with Crippen molar-refractivity contribution in [1.29, 1.82) is 0 Å². The standard InChI is InChI=1S/C46H26/c1-2-8-27(9-3-1)35-12-6-7-13-36(35)31-15-14-30-20-33-25-43-39-18-16-37-41-23-28-10-4-5-11-29(28)24-42(41)38-17-19-40(46(39)45(37)38)44(43)26-34(33)22-32(30)21-31/h1-26H. The summed E-state index contributed by atoms with van der Waals surface area (Å²) in [7, 11) is 0. The van der Waals surface area contributed by atoms with Crippen LogP contribution in [0.25, 0.3) is 65.3 Å². The van der Waals surface area contributed by atoms with Crippen LogP contribution in [-0.4, -0.2) is 0 Å². The lowest BCUT2D eigenvalue weighted by Gasteiger charge is -2.11. The van der Waals surface area contributed by atoms with Crippen LogP contribution in [0.4, 0.5) is 0 Å². The van der Waals surface area contributed by atoms with Gasteiger partial charge in [0.2, 0.25) is 0 Å². The van der Waals surface area contributed by atoms with Gasteiger partial charge in [0, 0.05) is 0 Å². The Morgan fingerprint density at radius 3 is 1.20 bits per heavy atom. The van der Waals surface area contributed by atoms with E-state index in [1.165, 1.54) is 107 Å². The van der Waals surface area contributed by atoms with Crippen LogP contribution in [0.15, 0.2) is 158 Å². The molecule has 0 saturated carbocycles. The summed E-state index contributed by atoms with van der Waals surface area (Å²) in [5.74, 6) is 0. The maximum atomic E-state index is 2.43. The summed E-state index contributed by atoms with van der Waals surface area (Å²) in [5.41, 5.74) is 5.01. The molecule has 0 N–H and O–H groups in total. The first-order valence-corrected chi connectivity index (χ1v) is 16.1. The summed E-state index contributed by atoms with van der Waals surface area (Å²) < 4.78 is 0. The third-order valence-corrected chi connectivity index (χ3v) is 10.5. The maximum Gasteiger partial charge on any atom is -0.00139 e. The van der Waals surface area contributed by atoms with Crippen LogP contribution >= 0.6 is 0 Å². The molecule has 9 aromatic carbocycles. The minimum atomic E-state index is 1.24. The van der Waals surface area contributed by atoms with Crippen molar-refractivity contribution in [2.75, 3.05) is 0 Å². The van der Waals surface area contributed by atoms with E-state index in [1.54, 1.807) is 0 Å². The molecule has 2 aliphatic rings. The highest BCUT2D eigenvalue weighted by atomic mass is 14.2. The van der Waals surface area contributed by atoms with Crippen LogP contribution in [0, 0.1) is 41.7 Å². The minimum absolute atomic E-state index is 1.24. The van der Waals surface area contributed by atoms with Gasteiger partial charge in [-0.1, -0.05) is 115 Å². The van der Waals surface area contributed by atoms with E-state index in [9.17, 15) is 0 Å². The van der Waals surface area contributed by atoms with Gasteiger partial charge in [0.25, 0.3) is 0 Å². The summed E-state index contributed by atoms with van der Waals surface area (Å²) >= 11 is 0. The fourth-order valence-electron chi connectivity index (χ4n) is 8.35. The Morgan fingerprint density at radius 2 is 0.630 bits per heavy atom. The van der Waals surface area contributed by atoms with E-state index in [0.29, 0.717) is 0 Å². The molecule has 9 aromatic rings. The Balaban J connectivity index is 1.18. The predicted molar refractivity (Wildman–Crippen MR) is 191 cm³/mol. The molecule has 11 rings (SSSR count). The molecule has 210 valence electrons. The van der Waals surface area contributed by atoms with Crippen LogP contribution < -0.4 is 0 Å². The van der Waals surface area contributed by atoms with Crippen molar-refractivity contribution < 1.29 is 0 Å². The van der Waals surface area contributed by atoms with Crippen LogP contribution in [0.2, 0.25) is 0 Å². The largest absolute Gasteiger partial charge is 0.0622 e. The van der Waals surface area contributed by atoms with Crippen molar-refractivity contribution in [3.63, 3.8) is 0 Å². The first kappa shape index (κ1) is 24.4. The summed E-state index contributed by atoms with van der Waals surface area (Å²) in [6, 6.07) is 58.9. The van der Waals surface area contributed by atoms with Crippen molar-refractivity contribution >= 4 is 43.1 Å². The molecule has 0 radical (unpaired) electrons. The zero-order valence-corrected chi connectivity index (χ0v) is 25.0. The van der Waals surface area contributed by atoms with Gasteiger partial charge in [-0.3, -0.25) is 0 Å². The smallest absolute Gasteiger partial charge is 0.00139 e. The third-order valence-electron chi connectivity index (χ3n) is 10.5. The van der Waals surface area contributed by atoms with Crippen LogP contribution in [0.3, 0.4) is 0 Å². The van der Waals surface area contributed by atoms with Gasteiger partial charge in [-0.25, -0.2) is 0 Å². The second-order valence-corrected chi connectivity index (χ2v) is 12.9. The molecule has 2 aliphatic carbocycles. The zero-order valence-electron chi connectivity index (χ0n) is 25.0. The fourth-order valence-corrected chi connectivity index (χ4v) is 8.35. The van der Waals surface area contributed by atoms with Gasteiger partial charge in [-0.05, 0) is 150 Å². The molecule has 0 nitrogen and oxygen atoms in total.